The number of aromatic nitrogens is 2. The Morgan fingerprint density at radius 3 is 2.41 bits per heavy atom. The molecular formula is C20H30ClN5O5S. The van der Waals surface area contributed by atoms with Crippen molar-refractivity contribution in [2.24, 2.45) is 5.92 Å². The van der Waals surface area contributed by atoms with Crippen molar-refractivity contribution >= 4 is 33.5 Å². The molecule has 4 rings (SSSR count). The molecule has 0 N–H and O–H groups in total. The Morgan fingerprint density at radius 1 is 1.19 bits per heavy atom. The van der Waals surface area contributed by atoms with Crippen LogP contribution in [0.3, 0.4) is 0 Å². The lowest BCUT2D eigenvalue weighted by Gasteiger charge is -2.34. The third-order valence-corrected chi connectivity index (χ3v) is 7.88. The molecule has 1 aromatic rings. The number of ether oxygens (including phenoxy) is 2. The monoisotopic (exact) mass is 487 g/mol. The summed E-state index contributed by atoms with van der Waals surface area (Å²) < 4.78 is 36.1. The number of amides is 1. The van der Waals surface area contributed by atoms with Crippen LogP contribution in [0.2, 0.25) is 5.15 Å². The topological polar surface area (TPSA) is 105 Å². The fourth-order valence-corrected chi connectivity index (χ4v) is 4.98. The smallest absolute Gasteiger partial charge is 0.410 e. The molecule has 32 heavy (non-hydrogen) atoms. The van der Waals surface area contributed by atoms with Gasteiger partial charge in [-0.2, -0.15) is 9.29 Å². The number of likely N-dealkylation sites (tertiary alicyclic amines) is 1. The molecular weight excluding hydrogens is 458 g/mol. The first-order chi connectivity index (χ1) is 15.1. The minimum Gasteiger partial charge on any atom is -0.476 e. The molecule has 0 unspecified atom stereocenters. The first-order valence-corrected chi connectivity index (χ1v) is 13.2. The number of hydrogen-bond donors (Lipinski definition) is 0. The van der Waals surface area contributed by atoms with Crippen LogP contribution in [0.4, 0.5) is 10.6 Å². The summed E-state index contributed by atoms with van der Waals surface area (Å²) in [5.41, 5.74) is -0.248. The highest BCUT2D eigenvalue weighted by Gasteiger charge is 2.43. The van der Waals surface area contributed by atoms with Crippen LogP contribution in [0.5, 0.6) is 5.88 Å². The summed E-state index contributed by atoms with van der Waals surface area (Å²) in [6.45, 7) is 5.56. The van der Waals surface area contributed by atoms with E-state index in [1.54, 1.807) is 11.1 Å². The Bertz CT molecular complexity index is 942. The average Bonchev–Trinajstić information content (AvgIpc) is 3.48. The molecule has 1 saturated carbocycles. The van der Waals surface area contributed by atoms with E-state index in [4.69, 9.17) is 21.1 Å². The van der Waals surface area contributed by atoms with E-state index in [-0.39, 0.29) is 16.8 Å². The van der Waals surface area contributed by atoms with E-state index in [2.05, 4.69) is 9.97 Å². The van der Waals surface area contributed by atoms with Gasteiger partial charge in [0.05, 0.1) is 19.1 Å². The predicted octanol–water partition coefficient (Wildman–Crippen LogP) is 1.99. The number of carbonyl (C=O) groups excluding carboxylic acids is 1. The summed E-state index contributed by atoms with van der Waals surface area (Å²) in [5.74, 6) is 1.21. The van der Waals surface area contributed by atoms with Crippen LogP contribution in [-0.4, -0.2) is 91.4 Å². The fraction of sp³-hybridized carbons (Fsp3) is 0.750. The van der Waals surface area contributed by atoms with E-state index in [0.717, 1.165) is 25.7 Å². The number of halogens is 1. The van der Waals surface area contributed by atoms with E-state index in [9.17, 15) is 13.2 Å². The second-order valence-corrected chi connectivity index (χ2v) is 11.4. The number of piperidine rings is 1. The largest absolute Gasteiger partial charge is 0.476 e. The molecule has 12 heteroatoms. The summed E-state index contributed by atoms with van der Waals surface area (Å²) in [7, 11) is -3.19. The molecule has 3 fully saturated rings. The van der Waals surface area contributed by atoms with Gasteiger partial charge in [0.25, 0.3) is 0 Å². The maximum atomic E-state index is 12.2. The minimum absolute atomic E-state index is 0.213. The number of nitrogens with zero attached hydrogens (tertiary/aromatic N) is 5. The highest BCUT2D eigenvalue weighted by Crippen LogP contribution is 2.39. The van der Waals surface area contributed by atoms with Gasteiger partial charge >= 0.3 is 6.09 Å². The Balaban J connectivity index is 1.23. The van der Waals surface area contributed by atoms with E-state index >= 15 is 0 Å². The number of hydrogen-bond acceptors (Lipinski definition) is 8. The molecule has 178 valence electrons. The van der Waals surface area contributed by atoms with Gasteiger partial charge in [0, 0.05) is 39.3 Å². The second-order valence-electron chi connectivity index (χ2n) is 9.03. The first kappa shape index (κ1) is 23.3. The van der Waals surface area contributed by atoms with Crippen LogP contribution >= 0.6 is 11.6 Å². The molecule has 1 amide bonds. The molecule has 3 aliphatic rings. The molecule has 2 aliphatic heterocycles. The van der Waals surface area contributed by atoms with Crippen LogP contribution in [0, 0.1) is 5.92 Å². The number of piperazine rings is 1. The van der Waals surface area contributed by atoms with Gasteiger partial charge in [-0.05, 0) is 38.5 Å². The normalized spacial score (nSPS) is 22.0. The van der Waals surface area contributed by atoms with Crippen LogP contribution in [0.1, 0.15) is 32.6 Å². The van der Waals surface area contributed by atoms with Crippen LogP contribution in [0.15, 0.2) is 6.20 Å². The van der Waals surface area contributed by atoms with E-state index < -0.39 is 10.0 Å². The van der Waals surface area contributed by atoms with Gasteiger partial charge in [-0.3, -0.25) is 0 Å². The van der Waals surface area contributed by atoms with Gasteiger partial charge in [-0.1, -0.05) is 11.6 Å². The lowest BCUT2D eigenvalue weighted by molar-refractivity contribution is 0.0454. The molecule has 0 aromatic carbocycles. The zero-order valence-electron chi connectivity index (χ0n) is 18.5. The molecule has 0 radical (unpaired) electrons. The van der Waals surface area contributed by atoms with Crippen molar-refractivity contribution in [2.75, 3.05) is 57.0 Å². The maximum absolute atomic E-state index is 12.2. The minimum atomic E-state index is -3.19. The second kappa shape index (κ2) is 9.18. The summed E-state index contributed by atoms with van der Waals surface area (Å²) in [4.78, 5) is 24.6. The fourth-order valence-electron chi connectivity index (χ4n) is 3.90. The Kier molecular flexibility index (Phi) is 6.69. The predicted molar refractivity (Wildman–Crippen MR) is 120 cm³/mol. The zero-order chi connectivity index (χ0) is 22.9. The van der Waals surface area contributed by atoms with E-state index in [1.165, 1.54) is 10.6 Å². The number of rotatable bonds is 6. The van der Waals surface area contributed by atoms with E-state index in [0.29, 0.717) is 63.5 Å². The maximum Gasteiger partial charge on any atom is 0.410 e. The lowest BCUT2D eigenvalue weighted by atomic mass is 9.98. The SMILES string of the molecule is CC1(OC(=O)N2CCC(COc3cnc(N4CCN(S(C)(=O)=O)CC4)c(Cl)n3)CC2)CC1. The van der Waals surface area contributed by atoms with Crippen molar-refractivity contribution in [1.29, 1.82) is 0 Å². The van der Waals surface area contributed by atoms with Crippen molar-refractivity contribution in [3.8, 4) is 5.88 Å². The third kappa shape index (κ3) is 5.74. The Morgan fingerprint density at radius 2 is 1.84 bits per heavy atom. The van der Waals surface area contributed by atoms with Crippen LogP contribution in [-0.2, 0) is 14.8 Å². The summed E-state index contributed by atoms with van der Waals surface area (Å²) in [6, 6.07) is 0. The molecule has 3 heterocycles. The number of sulfonamides is 1. The summed E-state index contributed by atoms with van der Waals surface area (Å²) >= 11 is 6.34. The highest BCUT2D eigenvalue weighted by atomic mass is 35.5. The zero-order valence-corrected chi connectivity index (χ0v) is 20.1. The lowest BCUT2D eigenvalue weighted by Crippen LogP contribution is -2.48. The average molecular weight is 488 g/mol. The molecule has 0 atom stereocenters. The Hall–Kier alpha value is -1.85. The van der Waals surface area contributed by atoms with Crippen molar-refractivity contribution in [3.05, 3.63) is 11.3 Å². The van der Waals surface area contributed by atoms with Crippen molar-refractivity contribution in [2.45, 2.75) is 38.2 Å². The van der Waals surface area contributed by atoms with Gasteiger partial charge in [0.2, 0.25) is 15.9 Å². The van der Waals surface area contributed by atoms with Crippen molar-refractivity contribution in [1.82, 2.24) is 19.2 Å². The Labute approximate surface area is 193 Å². The third-order valence-electron chi connectivity index (χ3n) is 6.32. The van der Waals surface area contributed by atoms with Crippen molar-refractivity contribution in [3.63, 3.8) is 0 Å². The van der Waals surface area contributed by atoms with Gasteiger partial charge in [-0.25, -0.2) is 18.2 Å². The molecule has 10 nitrogen and oxygen atoms in total. The molecule has 1 aromatic heterocycles. The molecule has 0 spiro atoms. The highest BCUT2D eigenvalue weighted by molar-refractivity contribution is 7.88. The molecule has 1 aliphatic carbocycles. The van der Waals surface area contributed by atoms with Gasteiger partial charge in [0.1, 0.15) is 5.60 Å². The number of carbonyl (C=O) groups is 1. The van der Waals surface area contributed by atoms with Crippen LogP contribution in [0.25, 0.3) is 0 Å². The number of anilines is 1. The van der Waals surface area contributed by atoms with Crippen molar-refractivity contribution < 1.29 is 22.7 Å². The quantitative estimate of drug-likeness (QED) is 0.599. The standard InChI is InChI=1S/C20H30ClN5O5S/c1-20(5-6-20)31-19(27)25-7-3-15(4-8-25)14-30-16-13-22-18(17(21)23-16)24-9-11-26(12-10-24)32(2,28)29/h13,15H,3-12,14H2,1-2H3. The first-order valence-electron chi connectivity index (χ1n) is 11.0. The molecule has 2 saturated heterocycles. The van der Waals surface area contributed by atoms with E-state index in [1.807, 2.05) is 11.8 Å². The van der Waals surface area contributed by atoms with Gasteiger partial charge < -0.3 is 19.3 Å². The summed E-state index contributed by atoms with van der Waals surface area (Å²) in [5, 5.41) is 0.237. The van der Waals surface area contributed by atoms with Gasteiger partial charge in [0.15, 0.2) is 11.0 Å². The van der Waals surface area contributed by atoms with Crippen LogP contribution < -0.4 is 9.64 Å². The summed E-state index contributed by atoms with van der Waals surface area (Å²) in [6.07, 6.45) is 6.13. The molecule has 0 bridgehead atoms. The van der Waals surface area contributed by atoms with Gasteiger partial charge in [-0.15, -0.1) is 0 Å².